The highest BCUT2D eigenvalue weighted by Gasteiger charge is 1.95. The predicted octanol–water partition coefficient (Wildman–Crippen LogP) is 2.83. The second-order valence-electron chi connectivity index (χ2n) is 4.61. The molecule has 3 heteroatoms. The number of ketones is 1. The van der Waals surface area contributed by atoms with Crippen LogP contribution in [0.5, 0.6) is 0 Å². The quantitative estimate of drug-likeness (QED) is 0.512. The molecule has 96 valence electrons. The molecule has 0 atom stereocenters. The van der Waals surface area contributed by atoms with Gasteiger partial charge in [0, 0.05) is 6.61 Å². The maximum Gasteiger partial charge on any atom is 0.155 e. The van der Waals surface area contributed by atoms with Crippen LogP contribution in [0.1, 0.15) is 46.5 Å². The molecule has 0 bridgehead atoms. The van der Waals surface area contributed by atoms with Crippen molar-refractivity contribution in [3.8, 4) is 0 Å². The van der Waals surface area contributed by atoms with Gasteiger partial charge >= 0.3 is 0 Å². The molecule has 0 aromatic rings. The third kappa shape index (κ3) is 13.6. The Kier molecular flexibility index (Phi) is 10.8. The molecule has 3 nitrogen and oxygen atoms in total. The summed E-state index contributed by atoms with van der Waals surface area (Å²) < 4.78 is 10.5. The Morgan fingerprint density at radius 2 is 1.69 bits per heavy atom. The first kappa shape index (κ1) is 15.6. The molecular weight excluding hydrogens is 204 g/mol. The van der Waals surface area contributed by atoms with Gasteiger partial charge in [-0.2, -0.15) is 0 Å². The van der Waals surface area contributed by atoms with Crippen molar-refractivity contribution in [3.63, 3.8) is 0 Å². The fourth-order valence-corrected chi connectivity index (χ4v) is 1.37. The van der Waals surface area contributed by atoms with E-state index in [9.17, 15) is 4.79 Å². The van der Waals surface area contributed by atoms with Crippen molar-refractivity contribution in [1.82, 2.24) is 0 Å². The smallest absolute Gasteiger partial charge is 0.155 e. The van der Waals surface area contributed by atoms with E-state index in [1.165, 1.54) is 26.2 Å². The van der Waals surface area contributed by atoms with Gasteiger partial charge in [-0.3, -0.25) is 4.79 Å². The van der Waals surface area contributed by atoms with E-state index in [4.69, 9.17) is 9.47 Å². The zero-order chi connectivity index (χ0) is 12.2. The molecule has 0 aliphatic heterocycles. The second kappa shape index (κ2) is 11.1. The molecule has 0 rings (SSSR count). The van der Waals surface area contributed by atoms with Gasteiger partial charge in [0.05, 0.1) is 13.2 Å². The fraction of sp³-hybridized carbons (Fsp3) is 0.923. The molecule has 0 aromatic carbocycles. The maximum absolute atomic E-state index is 10.5. The number of ether oxygens (including phenoxy) is 2. The molecule has 0 fully saturated rings. The van der Waals surface area contributed by atoms with Crippen molar-refractivity contribution in [3.05, 3.63) is 0 Å². The molecule has 0 radical (unpaired) electrons. The van der Waals surface area contributed by atoms with Gasteiger partial charge < -0.3 is 9.47 Å². The molecule has 0 saturated carbocycles. The minimum atomic E-state index is 0.0636. The zero-order valence-electron chi connectivity index (χ0n) is 11.0. The van der Waals surface area contributed by atoms with Crippen LogP contribution in [-0.4, -0.2) is 32.2 Å². The Balaban J connectivity index is 2.96. The Hall–Kier alpha value is -0.410. The van der Waals surface area contributed by atoms with Crippen LogP contribution in [0, 0.1) is 5.92 Å². The molecule has 16 heavy (non-hydrogen) atoms. The SMILES string of the molecule is CC(=O)COCCOCCCCCC(C)C. The largest absolute Gasteiger partial charge is 0.379 e. The average Bonchev–Trinajstić information content (AvgIpc) is 2.20. The molecule has 0 saturated heterocycles. The van der Waals surface area contributed by atoms with Gasteiger partial charge in [0.1, 0.15) is 6.61 Å². The summed E-state index contributed by atoms with van der Waals surface area (Å²) in [6.45, 7) is 8.16. The number of unbranched alkanes of at least 4 members (excludes halogenated alkanes) is 2. The van der Waals surface area contributed by atoms with Crippen LogP contribution in [0.25, 0.3) is 0 Å². The van der Waals surface area contributed by atoms with Crippen LogP contribution in [0.4, 0.5) is 0 Å². The molecule has 0 unspecified atom stereocenters. The van der Waals surface area contributed by atoms with Crippen LogP contribution >= 0.6 is 0 Å². The number of carbonyl (C=O) groups is 1. The third-order valence-corrected chi connectivity index (χ3v) is 2.25. The Bertz CT molecular complexity index is 167. The summed E-state index contributed by atoms with van der Waals surface area (Å²) in [7, 11) is 0. The molecule has 0 N–H and O–H groups in total. The van der Waals surface area contributed by atoms with Crippen LogP contribution in [0.15, 0.2) is 0 Å². The van der Waals surface area contributed by atoms with E-state index in [2.05, 4.69) is 13.8 Å². The van der Waals surface area contributed by atoms with Crippen molar-refractivity contribution >= 4 is 5.78 Å². The molecule has 0 amide bonds. The molecule has 0 aromatic heterocycles. The number of hydrogen-bond acceptors (Lipinski definition) is 3. The second-order valence-corrected chi connectivity index (χ2v) is 4.61. The lowest BCUT2D eigenvalue weighted by molar-refractivity contribution is -0.121. The van der Waals surface area contributed by atoms with E-state index in [-0.39, 0.29) is 12.4 Å². The van der Waals surface area contributed by atoms with E-state index >= 15 is 0 Å². The topological polar surface area (TPSA) is 35.5 Å². The summed E-state index contributed by atoms with van der Waals surface area (Å²) in [5, 5.41) is 0. The van der Waals surface area contributed by atoms with Crippen molar-refractivity contribution < 1.29 is 14.3 Å². The lowest BCUT2D eigenvalue weighted by Gasteiger charge is -2.06. The summed E-state index contributed by atoms with van der Waals surface area (Å²) in [4.78, 5) is 10.5. The summed E-state index contributed by atoms with van der Waals surface area (Å²) in [6, 6.07) is 0. The highest BCUT2D eigenvalue weighted by atomic mass is 16.5. The van der Waals surface area contributed by atoms with Gasteiger partial charge in [-0.05, 0) is 19.3 Å². The number of rotatable bonds is 11. The van der Waals surface area contributed by atoms with Gasteiger partial charge in [-0.25, -0.2) is 0 Å². The van der Waals surface area contributed by atoms with Crippen LogP contribution in [0.2, 0.25) is 0 Å². The van der Waals surface area contributed by atoms with Gasteiger partial charge in [0.2, 0.25) is 0 Å². The average molecular weight is 230 g/mol. The van der Waals surface area contributed by atoms with Gasteiger partial charge in [-0.15, -0.1) is 0 Å². The molecule has 0 spiro atoms. The summed E-state index contributed by atoms with van der Waals surface area (Å²) in [5.74, 6) is 0.870. The van der Waals surface area contributed by atoms with Crippen molar-refractivity contribution in [2.24, 2.45) is 5.92 Å². The maximum atomic E-state index is 10.5. The van der Waals surface area contributed by atoms with Gasteiger partial charge in [-0.1, -0.05) is 33.1 Å². The molecule has 0 aliphatic rings. The first-order chi connectivity index (χ1) is 7.63. The van der Waals surface area contributed by atoms with Crippen molar-refractivity contribution in [2.75, 3.05) is 26.4 Å². The lowest BCUT2D eigenvalue weighted by Crippen LogP contribution is -2.10. The van der Waals surface area contributed by atoms with E-state index < -0.39 is 0 Å². The first-order valence-electron chi connectivity index (χ1n) is 6.28. The van der Waals surface area contributed by atoms with E-state index in [1.54, 1.807) is 0 Å². The summed E-state index contributed by atoms with van der Waals surface area (Å²) >= 11 is 0. The minimum Gasteiger partial charge on any atom is -0.379 e. The summed E-state index contributed by atoms with van der Waals surface area (Å²) in [6.07, 6.45) is 4.97. The number of Topliss-reactive ketones (excluding diaryl/α,β-unsaturated/α-hetero) is 1. The first-order valence-corrected chi connectivity index (χ1v) is 6.28. The Morgan fingerprint density at radius 3 is 2.31 bits per heavy atom. The van der Waals surface area contributed by atoms with E-state index in [0.717, 1.165) is 18.9 Å². The molecule has 0 heterocycles. The minimum absolute atomic E-state index is 0.0636. The number of hydrogen-bond donors (Lipinski definition) is 0. The molecular formula is C13H26O3. The third-order valence-electron chi connectivity index (χ3n) is 2.25. The standard InChI is InChI=1S/C13H26O3/c1-12(2)7-5-4-6-8-15-9-10-16-11-13(3)14/h12H,4-11H2,1-3H3. The monoisotopic (exact) mass is 230 g/mol. The highest BCUT2D eigenvalue weighted by Crippen LogP contribution is 2.07. The number of carbonyl (C=O) groups excluding carboxylic acids is 1. The lowest BCUT2D eigenvalue weighted by atomic mass is 10.1. The highest BCUT2D eigenvalue weighted by molar-refractivity contribution is 5.76. The van der Waals surface area contributed by atoms with Crippen LogP contribution < -0.4 is 0 Å². The normalized spacial score (nSPS) is 11.0. The predicted molar refractivity (Wildman–Crippen MR) is 65.6 cm³/mol. The zero-order valence-corrected chi connectivity index (χ0v) is 11.0. The van der Waals surface area contributed by atoms with Gasteiger partial charge in [0.15, 0.2) is 5.78 Å². The fourth-order valence-electron chi connectivity index (χ4n) is 1.37. The van der Waals surface area contributed by atoms with Crippen LogP contribution in [0.3, 0.4) is 0 Å². The van der Waals surface area contributed by atoms with E-state index in [1.807, 2.05) is 0 Å². The van der Waals surface area contributed by atoms with Crippen molar-refractivity contribution in [1.29, 1.82) is 0 Å². The van der Waals surface area contributed by atoms with Crippen LogP contribution in [-0.2, 0) is 14.3 Å². The Morgan fingerprint density at radius 1 is 1.00 bits per heavy atom. The summed E-state index contributed by atoms with van der Waals surface area (Å²) in [5.41, 5.74) is 0. The molecule has 0 aliphatic carbocycles. The Labute approximate surface area is 99.5 Å². The van der Waals surface area contributed by atoms with E-state index in [0.29, 0.717) is 13.2 Å². The van der Waals surface area contributed by atoms with Crippen molar-refractivity contribution in [2.45, 2.75) is 46.5 Å². The van der Waals surface area contributed by atoms with Gasteiger partial charge in [0.25, 0.3) is 0 Å².